The number of hydrogen-bond donors (Lipinski definition) is 4. The molecule has 13 aromatic rings. The number of benzene rings is 13. The molecule has 0 amide bonds. The number of anilines is 1. The summed E-state index contributed by atoms with van der Waals surface area (Å²) in [6, 6.07) is 89.0. The van der Waals surface area contributed by atoms with Crippen LogP contribution in [0.3, 0.4) is 0 Å². The molecule has 14 heteroatoms. The van der Waals surface area contributed by atoms with Gasteiger partial charge in [-0.05, 0) is 194 Å². The van der Waals surface area contributed by atoms with Crippen LogP contribution in [0.1, 0.15) is 131 Å². The molecule has 4 N–H and O–H groups in total. The number of carbonyl (C=O) groups is 4. The van der Waals surface area contributed by atoms with Crippen LogP contribution in [0.15, 0.2) is 273 Å². The normalized spacial score (nSPS) is 13.6. The zero-order chi connectivity index (χ0) is 76.1. The molecule has 16 rings (SSSR count). The predicted molar refractivity (Wildman–Crippen MR) is 437 cm³/mol. The Bertz CT molecular complexity index is 5330. The molecule has 1 aliphatic heterocycles. The average molecular weight is 1470 g/mol. The van der Waals surface area contributed by atoms with Gasteiger partial charge in [-0.15, -0.1) is 0 Å². The summed E-state index contributed by atoms with van der Waals surface area (Å²) in [6.45, 7) is 5.19. The molecule has 0 unspecified atom stereocenters. The van der Waals surface area contributed by atoms with Crippen molar-refractivity contribution in [3.8, 4) is 23.0 Å². The van der Waals surface area contributed by atoms with Crippen molar-refractivity contribution in [1.82, 2.24) is 4.90 Å². The van der Waals surface area contributed by atoms with Crippen LogP contribution in [-0.2, 0) is 52.1 Å². The van der Waals surface area contributed by atoms with Crippen LogP contribution in [0.25, 0.3) is 43.1 Å². The van der Waals surface area contributed by atoms with Gasteiger partial charge >= 0.3 is 23.9 Å². The molecule has 1 heterocycles. The van der Waals surface area contributed by atoms with Crippen LogP contribution in [0.4, 0.5) is 5.69 Å². The minimum absolute atomic E-state index is 0.189. The zero-order valence-electron chi connectivity index (χ0n) is 62.0. The number of ether oxygens (including phenoxy) is 4. The lowest BCUT2D eigenvalue weighted by Gasteiger charge is -2.34. The summed E-state index contributed by atoms with van der Waals surface area (Å²) >= 11 is 0. The molecule has 0 atom stereocenters. The number of carboxylic acids is 4. The number of aryl methyl sites for hydroxylation is 2. The van der Waals surface area contributed by atoms with E-state index in [4.69, 9.17) is 18.9 Å². The summed E-state index contributed by atoms with van der Waals surface area (Å²) in [5.41, 5.74) is 10.7. The number of piperazine rings is 1. The third-order valence-corrected chi connectivity index (χ3v) is 21.0. The van der Waals surface area contributed by atoms with E-state index in [0.717, 1.165) is 140 Å². The molecular formula is C96H92N2O12. The second-order valence-electron chi connectivity index (χ2n) is 28.7. The van der Waals surface area contributed by atoms with Crippen molar-refractivity contribution >= 4 is 72.7 Å². The lowest BCUT2D eigenvalue weighted by atomic mass is 9.85. The quantitative estimate of drug-likeness (QED) is 0.0446. The second-order valence-corrected chi connectivity index (χ2v) is 28.7. The van der Waals surface area contributed by atoms with Crippen LogP contribution in [0, 0.1) is 11.8 Å². The van der Waals surface area contributed by atoms with Crippen molar-refractivity contribution in [2.24, 2.45) is 11.8 Å². The largest absolute Gasteiger partial charge is 0.488 e. The van der Waals surface area contributed by atoms with Crippen LogP contribution >= 0.6 is 0 Å². The number of likely N-dealkylation sites (N-methyl/N-ethyl adjacent to an activating group) is 1. The first-order chi connectivity index (χ1) is 53.7. The first-order valence-corrected chi connectivity index (χ1v) is 38.0. The molecule has 3 aliphatic rings. The van der Waals surface area contributed by atoms with Crippen molar-refractivity contribution in [1.29, 1.82) is 0 Å². The molecule has 558 valence electrons. The number of carboxylic acid groups (broad SMARTS) is 4. The van der Waals surface area contributed by atoms with Gasteiger partial charge in [-0.1, -0.05) is 250 Å². The van der Waals surface area contributed by atoms with Crippen molar-refractivity contribution in [2.45, 2.75) is 97.1 Å². The molecule has 2 saturated carbocycles. The Hall–Kier alpha value is -12.3. The van der Waals surface area contributed by atoms with Gasteiger partial charge in [0.2, 0.25) is 0 Å². The first kappa shape index (κ1) is 76.0. The highest BCUT2D eigenvalue weighted by Crippen LogP contribution is 2.36. The summed E-state index contributed by atoms with van der Waals surface area (Å²) in [5, 5.41) is 47.3. The van der Waals surface area contributed by atoms with E-state index in [1.807, 2.05) is 164 Å². The van der Waals surface area contributed by atoms with Crippen LogP contribution in [0.5, 0.6) is 23.0 Å². The number of hydrogen-bond acceptors (Lipinski definition) is 10. The van der Waals surface area contributed by atoms with E-state index in [9.17, 15) is 39.6 Å². The van der Waals surface area contributed by atoms with Gasteiger partial charge in [0.25, 0.3) is 0 Å². The highest BCUT2D eigenvalue weighted by atomic mass is 16.5. The summed E-state index contributed by atoms with van der Waals surface area (Å²) in [7, 11) is 2.11. The molecule has 0 aromatic heterocycles. The first-order valence-electron chi connectivity index (χ1n) is 38.0. The molecule has 3 fully saturated rings. The Kier molecular flexibility index (Phi) is 25.6. The van der Waals surface area contributed by atoms with Gasteiger partial charge < -0.3 is 49.2 Å². The van der Waals surface area contributed by atoms with Gasteiger partial charge in [-0.2, -0.15) is 0 Å². The summed E-state index contributed by atoms with van der Waals surface area (Å²) in [4.78, 5) is 51.1. The van der Waals surface area contributed by atoms with Crippen molar-refractivity contribution in [2.75, 3.05) is 38.1 Å². The molecule has 14 nitrogen and oxygen atoms in total. The Morgan fingerprint density at radius 3 is 1.02 bits per heavy atom. The van der Waals surface area contributed by atoms with Gasteiger partial charge in [0.15, 0.2) is 0 Å². The van der Waals surface area contributed by atoms with E-state index in [2.05, 4.69) is 102 Å². The van der Waals surface area contributed by atoms with E-state index in [0.29, 0.717) is 55.3 Å². The molecular weight excluding hydrogens is 1370 g/mol. The highest BCUT2D eigenvalue weighted by Gasteiger charge is 2.24. The zero-order valence-corrected chi connectivity index (χ0v) is 62.0. The number of nitrogens with zero attached hydrogens (tertiary/aromatic N) is 2. The smallest absolute Gasteiger partial charge is 0.339 e. The number of rotatable bonds is 24. The Balaban J connectivity index is 0.000000129. The fourth-order valence-electron chi connectivity index (χ4n) is 14.7. The maximum absolute atomic E-state index is 11.7. The SMILES string of the molecule is CN1CCN(c2ccc(C(=O)O)c(OCc3cccc4ccccc34)c2)CC1.O=C(O)c1ccc(CC2CC2)cc1OCc1cccc2ccccc12.O=C(O)c1ccc(CC2CCCCC2)cc1OCc1cccc2ccccc12.O=C(O)c1ccc(CCc2ccccc2)cc1OCc1cccc2ccccc12. The van der Waals surface area contributed by atoms with E-state index in [-0.39, 0.29) is 22.3 Å². The molecule has 110 heavy (non-hydrogen) atoms. The maximum atomic E-state index is 11.7. The lowest BCUT2D eigenvalue weighted by Crippen LogP contribution is -2.44. The van der Waals surface area contributed by atoms with E-state index < -0.39 is 23.9 Å². The fraction of sp³-hybridized carbons (Fsp3) is 0.229. The Labute approximate surface area is 642 Å². The van der Waals surface area contributed by atoms with E-state index >= 15 is 0 Å². The fourth-order valence-corrected chi connectivity index (χ4v) is 14.7. The number of fused-ring (bicyclic) bond motifs is 4. The van der Waals surface area contributed by atoms with Gasteiger partial charge in [0, 0.05) is 37.9 Å². The van der Waals surface area contributed by atoms with Gasteiger partial charge in [-0.3, -0.25) is 0 Å². The Morgan fingerprint density at radius 1 is 0.318 bits per heavy atom. The molecule has 2 aliphatic carbocycles. The molecule has 0 bridgehead atoms. The predicted octanol–water partition coefficient (Wildman–Crippen LogP) is 21.1. The third kappa shape index (κ3) is 20.3. The Morgan fingerprint density at radius 2 is 0.636 bits per heavy atom. The average Bonchev–Trinajstić information content (AvgIpc) is 0.962. The third-order valence-electron chi connectivity index (χ3n) is 21.0. The summed E-state index contributed by atoms with van der Waals surface area (Å²) in [5.74, 6) is -0.648. The summed E-state index contributed by atoms with van der Waals surface area (Å²) in [6.07, 6.45) is 12.8. The topological polar surface area (TPSA) is 193 Å². The second kappa shape index (κ2) is 37.0. The standard InChI is InChI=1S/C26H22O3.C25H26O3.C23H24N2O3.C22H20O3/c27-26(28)24-16-15-20(14-13-19-7-2-1-3-8-19)17-25(24)29-18-22-11-6-10-21-9-4-5-12-23(21)22;26-25(27)23-14-13-19(15-18-7-2-1-3-8-18)16-24(23)28-17-21-11-6-10-20-9-4-5-12-22(20)21;1-24-11-13-25(14-12-24)19-9-10-21(23(26)27)22(15-19)28-16-18-7-4-6-17-5-2-3-8-20(17)18;23-22(24)20-11-10-16(12-15-8-9-15)13-21(20)25-14-18-6-3-5-17-4-1-2-7-19(17)18/h1-12,15-17H,13-14,18H2,(H,27,28);4-6,9-14,16,18H,1-3,7-8,15,17H2,(H,26,27);2-10,15H,11-14,16H2,1H3,(H,26,27);1-7,10-11,13,15H,8-9,12,14H2,(H,23,24). The van der Waals surface area contributed by atoms with Crippen molar-refractivity contribution in [3.63, 3.8) is 0 Å². The van der Waals surface area contributed by atoms with Crippen molar-refractivity contribution in [3.05, 3.63) is 340 Å². The van der Waals surface area contributed by atoms with Crippen LogP contribution in [-0.4, -0.2) is 82.4 Å². The maximum Gasteiger partial charge on any atom is 0.339 e. The molecule has 0 spiro atoms. The minimum Gasteiger partial charge on any atom is -0.488 e. The van der Waals surface area contributed by atoms with E-state index in [1.54, 1.807) is 24.3 Å². The lowest BCUT2D eigenvalue weighted by molar-refractivity contribution is 0.0680. The minimum atomic E-state index is -0.979. The number of aromatic carboxylic acids is 4. The highest BCUT2D eigenvalue weighted by molar-refractivity contribution is 5.94. The molecule has 0 radical (unpaired) electrons. The molecule has 13 aromatic carbocycles. The van der Waals surface area contributed by atoms with Gasteiger partial charge in [-0.25, -0.2) is 19.2 Å². The van der Waals surface area contributed by atoms with Gasteiger partial charge in [0.1, 0.15) is 71.7 Å². The van der Waals surface area contributed by atoms with Crippen LogP contribution < -0.4 is 23.8 Å². The van der Waals surface area contributed by atoms with Crippen molar-refractivity contribution < 1.29 is 58.6 Å². The van der Waals surface area contributed by atoms with Crippen LogP contribution in [0.2, 0.25) is 0 Å². The monoisotopic (exact) mass is 1460 g/mol. The van der Waals surface area contributed by atoms with E-state index in [1.165, 1.54) is 56.1 Å². The van der Waals surface area contributed by atoms with Gasteiger partial charge in [0.05, 0.1) is 0 Å². The summed E-state index contributed by atoms with van der Waals surface area (Å²) < 4.78 is 24.0. The molecule has 1 saturated heterocycles.